The number of methoxy groups -OCH3 is 1. The topological polar surface area (TPSA) is 26.3 Å². The highest BCUT2D eigenvalue weighted by Crippen LogP contribution is 2.47. The zero-order valence-corrected chi connectivity index (χ0v) is 9.77. The number of aldehydes is 1. The predicted octanol–water partition coefficient (Wildman–Crippen LogP) is 3.08. The lowest BCUT2D eigenvalue weighted by Gasteiger charge is -2.11. The lowest BCUT2D eigenvalue weighted by molar-refractivity contribution is -0.109. The van der Waals surface area contributed by atoms with Crippen molar-refractivity contribution in [1.29, 1.82) is 0 Å². The zero-order valence-electron chi connectivity index (χ0n) is 9.77. The Balaban J connectivity index is 2.21. The molecular weight excluding hydrogens is 212 g/mol. The van der Waals surface area contributed by atoms with Gasteiger partial charge in [-0.2, -0.15) is 0 Å². The third-order valence-corrected chi connectivity index (χ3v) is 3.65. The summed E-state index contributed by atoms with van der Waals surface area (Å²) in [6.45, 7) is 0. The zero-order chi connectivity index (χ0) is 11.9. The van der Waals surface area contributed by atoms with Gasteiger partial charge in [-0.3, -0.25) is 0 Å². The minimum absolute atomic E-state index is 0.213. The lowest BCUT2D eigenvalue weighted by Crippen LogP contribution is -2.07. The summed E-state index contributed by atoms with van der Waals surface area (Å²) >= 11 is 0. The summed E-state index contributed by atoms with van der Waals surface area (Å²) in [5, 5.41) is 2.23. The SMILES string of the molecule is COc1cccc2ccc(C3(C=O)CC3)cc12. The van der Waals surface area contributed by atoms with E-state index in [0.717, 1.165) is 41.2 Å². The normalized spacial score (nSPS) is 16.8. The van der Waals surface area contributed by atoms with E-state index < -0.39 is 0 Å². The summed E-state index contributed by atoms with van der Waals surface area (Å²) in [5.41, 5.74) is 0.902. The maximum absolute atomic E-state index is 11.1. The molecule has 0 heterocycles. The van der Waals surface area contributed by atoms with Crippen LogP contribution in [0.1, 0.15) is 18.4 Å². The Labute approximate surface area is 100 Å². The molecule has 0 atom stereocenters. The van der Waals surface area contributed by atoms with Gasteiger partial charge in [-0.25, -0.2) is 0 Å². The number of carbonyl (C=O) groups excluding carboxylic acids is 1. The average Bonchev–Trinajstić information content (AvgIpc) is 3.18. The van der Waals surface area contributed by atoms with Gasteiger partial charge >= 0.3 is 0 Å². The Kier molecular flexibility index (Phi) is 2.18. The van der Waals surface area contributed by atoms with Crippen molar-refractivity contribution >= 4 is 17.1 Å². The van der Waals surface area contributed by atoms with Gasteiger partial charge in [-0.1, -0.05) is 24.3 Å². The molecule has 0 aliphatic heterocycles. The van der Waals surface area contributed by atoms with Crippen molar-refractivity contribution in [3.8, 4) is 5.75 Å². The Morgan fingerprint density at radius 2 is 2.06 bits per heavy atom. The highest BCUT2D eigenvalue weighted by Gasteiger charge is 2.44. The number of rotatable bonds is 3. The maximum atomic E-state index is 11.1. The molecule has 86 valence electrons. The summed E-state index contributed by atoms with van der Waals surface area (Å²) in [7, 11) is 1.67. The van der Waals surface area contributed by atoms with Crippen LogP contribution in [0.2, 0.25) is 0 Å². The number of hydrogen-bond acceptors (Lipinski definition) is 2. The number of ether oxygens (including phenoxy) is 1. The Bertz CT molecular complexity index is 582. The number of fused-ring (bicyclic) bond motifs is 1. The van der Waals surface area contributed by atoms with Crippen LogP contribution in [0.25, 0.3) is 10.8 Å². The van der Waals surface area contributed by atoms with Gasteiger partial charge in [0.1, 0.15) is 12.0 Å². The first-order chi connectivity index (χ1) is 8.29. The first-order valence-electron chi connectivity index (χ1n) is 5.83. The molecule has 1 fully saturated rings. The van der Waals surface area contributed by atoms with Gasteiger partial charge in [0.25, 0.3) is 0 Å². The molecule has 0 saturated heterocycles. The minimum atomic E-state index is -0.213. The summed E-state index contributed by atoms with van der Waals surface area (Å²) < 4.78 is 5.36. The molecule has 0 spiro atoms. The molecule has 1 aliphatic rings. The maximum Gasteiger partial charge on any atom is 0.130 e. The van der Waals surface area contributed by atoms with Gasteiger partial charge in [0.2, 0.25) is 0 Å². The molecular formula is C15H14O2. The molecule has 17 heavy (non-hydrogen) atoms. The average molecular weight is 226 g/mol. The van der Waals surface area contributed by atoms with Crippen molar-refractivity contribution in [3.63, 3.8) is 0 Å². The Morgan fingerprint density at radius 1 is 1.24 bits per heavy atom. The highest BCUT2D eigenvalue weighted by molar-refractivity contribution is 5.90. The van der Waals surface area contributed by atoms with Gasteiger partial charge in [0, 0.05) is 5.39 Å². The van der Waals surface area contributed by atoms with Crippen molar-refractivity contribution < 1.29 is 9.53 Å². The molecule has 2 aromatic carbocycles. The van der Waals surface area contributed by atoms with Crippen molar-refractivity contribution in [2.75, 3.05) is 7.11 Å². The fourth-order valence-electron chi connectivity index (χ4n) is 2.34. The predicted molar refractivity (Wildman–Crippen MR) is 67.5 cm³/mol. The summed E-state index contributed by atoms with van der Waals surface area (Å²) in [4.78, 5) is 11.1. The van der Waals surface area contributed by atoms with E-state index in [9.17, 15) is 4.79 Å². The van der Waals surface area contributed by atoms with Crippen molar-refractivity contribution in [3.05, 3.63) is 42.0 Å². The molecule has 0 bridgehead atoms. The molecule has 3 rings (SSSR count). The highest BCUT2D eigenvalue weighted by atomic mass is 16.5. The van der Waals surface area contributed by atoms with E-state index in [1.165, 1.54) is 0 Å². The van der Waals surface area contributed by atoms with Gasteiger partial charge in [-0.15, -0.1) is 0 Å². The van der Waals surface area contributed by atoms with Gasteiger partial charge in [0.15, 0.2) is 0 Å². The van der Waals surface area contributed by atoms with E-state index in [0.29, 0.717) is 0 Å². The molecule has 1 saturated carbocycles. The third-order valence-electron chi connectivity index (χ3n) is 3.65. The van der Waals surface area contributed by atoms with Crippen LogP contribution in [0, 0.1) is 0 Å². The van der Waals surface area contributed by atoms with Crippen LogP contribution in [0.4, 0.5) is 0 Å². The minimum Gasteiger partial charge on any atom is -0.496 e. The summed E-state index contributed by atoms with van der Waals surface area (Å²) in [5.74, 6) is 0.867. The van der Waals surface area contributed by atoms with Crippen LogP contribution in [-0.4, -0.2) is 13.4 Å². The lowest BCUT2D eigenvalue weighted by atomic mass is 9.95. The largest absolute Gasteiger partial charge is 0.496 e. The number of carbonyl (C=O) groups is 1. The molecule has 0 radical (unpaired) electrons. The van der Waals surface area contributed by atoms with Crippen molar-refractivity contribution in [1.82, 2.24) is 0 Å². The Hall–Kier alpha value is -1.83. The molecule has 2 heteroatoms. The number of hydrogen-bond donors (Lipinski definition) is 0. The molecule has 2 aromatic rings. The third kappa shape index (κ3) is 1.52. The van der Waals surface area contributed by atoms with Crippen LogP contribution in [-0.2, 0) is 10.2 Å². The van der Waals surface area contributed by atoms with Crippen LogP contribution in [0.15, 0.2) is 36.4 Å². The van der Waals surface area contributed by atoms with Crippen molar-refractivity contribution in [2.24, 2.45) is 0 Å². The molecule has 0 unspecified atom stereocenters. The van der Waals surface area contributed by atoms with Gasteiger partial charge < -0.3 is 9.53 Å². The second kappa shape index (κ2) is 3.59. The second-order valence-corrected chi connectivity index (χ2v) is 4.67. The number of benzene rings is 2. The first-order valence-corrected chi connectivity index (χ1v) is 5.83. The van der Waals surface area contributed by atoms with E-state index in [2.05, 4.69) is 24.3 Å². The smallest absolute Gasteiger partial charge is 0.130 e. The standard InChI is InChI=1S/C15H14O2/c1-17-14-4-2-3-11-5-6-12(9-13(11)14)15(10-16)7-8-15/h2-6,9-10H,7-8H2,1H3. The molecule has 0 amide bonds. The molecule has 0 N–H and O–H groups in total. The summed E-state index contributed by atoms with van der Waals surface area (Å²) in [6.07, 6.45) is 3.03. The van der Waals surface area contributed by atoms with Crippen LogP contribution >= 0.6 is 0 Å². The fraction of sp³-hybridized carbons (Fsp3) is 0.267. The molecule has 1 aliphatic carbocycles. The first kappa shape index (κ1) is 10.3. The van der Waals surface area contributed by atoms with Gasteiger partial charge in [0.05, 0.1) is 12.5 Å². The van der Waals surface area contributed by atoms with Crippen LogP contribution in [0.3, 0.4) is 0 Å². The second-order valence-electron chi connectivity index (χ2n) is 4.67. The quantitative estimate of drug-likeness (QED) is 0.752. The van der Waals surface area contributed by atoms with E-state index in [4.69, 9.17) is 4.74 Å². The van der Waals surface area contributed by atoms with E-state index >= 15 is 0 Å². The van der Waals surface area contributed by atoms with E-state index in [1.54, 1.807) is 7.11 Å². The monoisotopic (exact) mass is 226 g/mol. The van der Waals surface area contributed by atoms with Crippen molar-refractivity contribution in [2.45, 2.75) is 18.3 Å². The molecule has 0 aromatic heterocycles. The van der Waals surface area contributed by atoms with Crippen LogP contribution < -0.4 is 4.74 Å². The van der Waals surface area contributed by atoms with Gasteiger partial charge in [-0.05, 0) is 35.9 Å². The van der Waals surface area contributed by atoms with Crippen LogP contribution in [0.5, 0.6) is 5.75 Å². The van der Waals surface area contributed by atoms with E-state index in [-0.39, 0.29) is 5.41 Å². The molecule has 2 nitrogen and oxygen atoms in total. The summed E-state index contributed by atoms with van der Waals surface area (Å²) in [6, 6.07) is 12.2. The fourth-order valence-corrected chi connectivity index (χ4v) is 2.34. The Morgan fingerprint density at radius 3 is 2.71 bits per heavy atom. The van der Waals surface area contributed by atoms with E-state index in [1.807, 2.05) is 12.1 Å².